The summed E-state index contributed by atoms with van der Waals surface area (Å²) < 4.78 is 5.14. The van der Waals surface area contributed by atoms with Gasteiger partial charge in [0.2, 0.25) is 0 Å². The van der Waals surface area contributed by atoms with Gasteiger partial charge < -0.3 is 9.84 Å². The fourth-order valence-electron chi connectivity index (χ4n) is 1.19. The first kappa shape index (κ1) is 9.07. The number of methoxy groups -OCH3 is 1. The van der Waals surface area contributed by atoms with Crippen LogP contribution in [0.15, 0.2) is 24.3 Å². The van der Waals surface area contributed by atoms with Crippen molar-refractivity contribution in [1.29, 1.82) is 0 Å². The number of hydrogen-bond acceptors (Lipinski definition) is 2. The van der Waals surface area contributed by atoms with Crippen molar-refractivity contribution in [2.75, 3.05) is 7.11 Å². The van der Waals surface area contributed by atoms with E-state index in [4.69, 9.17) is 4.74 Å². The predicted octanol–water partition coefficient (Wildman–Crippen LogP) is 1.62. The Bertz CT molecular complexity index is 243. The Hall–Kier alpha value is -1.02. The number of rotatable bonds is 3. The molecule has 1 rings (SSSR count). The molecule has 0 aliphatic rings. The van der Waals surface area contributed by atoms with E-state index in [0.29, 0.717) is 6.42 Å². The van der Waals surface area contributed by atoms with Crippen molar-refractivity contribution < 1.29 is 9.84 Å². The molecule has 0 aromatic heterocycles. The summed E-state index contributed by atoms with van der Waals surface area (Å²) in [5.74, 6) is 0.846. The van der Waals surface area contributed by atoms with Gasteiger partial charge in [-0.15, -0.1) is 0 Å². The predicted molar refractivity (Wildman–Crippen MR) is 48.4 cm³/mol. The van der Waals surface area contributed by atoms with Crippen LogP contribution in [-0.2, 0) is 6.42 Å². The van der Waals surface area contributed by atoms with Crippen LogP contribution in [0.5, 0.6) is 5.75 Å². The molecule has 0 bridgehead atoms. The number of ether oxygens (including phenoxy) is 1. The van der Waals surface area contributed by atoms with Gasteiger partial charge in [-0.25, -0.2) is 0 Å². The van der Waals surface area contributed by atoms with E-state index < -0.39 is 0 Å². The third-order valence-corrected chi connectivity index (χ3v) is 1.71. The zero-order chi connectivity index (χ0) is 8.97. The first-order chi connectivity index (χ1) is 5.74. The molecule has 2 heteroatoms. The van der Waals surface area contributed by atoms with Crippen LogP contribution in [0.3, 0.4) is 0 Å². The average molecular weight is 166 g/mol. The van der Waals surface area contributed by atoms with Crippen molar-refractivity contribution in [3.05, 3.63) is 29.8 Å². The first-order valence-electron chi connectivity index (χ1n) is 4.04. The molecule has 0 heterocycles. The highest BCUT2D eigenvalue weighted by Gasteiger charge is 2.03. The Labute approximate surface area is 72.8 Å². The molecule has 0 aliphatic carbocycles. The molecule has 12 heavy (non-hydrogen) atoms. The fourth-order valence-corrected chi connectivity index (χ4v) is 1.19. The van der Waals surface area contributed by atoms with Crippen molar-refractivity contribution in [2.45, 2.75) is 19.4 Å². The summed E-state index contributed by atoms with van der Waals surface area (Å²) in [7, 11) is 1.64. The van der Waals surface area contributed by atoms with Gasteiger partial charge in [-0.2, -0.15) is 0 Å². The van der Waals surface area contributed by atoms with Crippen molar-refractivity contribution in [2.24, 2.45) is 0 Å². The molecule has 66 valence electrons. The normalized spacial score (nSPS) is 12.6. The Kier molecular flexibility index (Phi) is 3.11. The smallest absolute Gasteiger partial charge is 0.122 e. The molecule has 0 amide bonds. The Morgan fingerprint density at radius 1 is 1.42 bits per heavy atom. The lowest BCUT2D eigenvalue weighted by Crippen LogP contribution is -2.05. The van der Waals surface area contributed by atoms with E-state index in [-0.39, 0.29) is 6.10 Å². The minimum Gasteiger partial charge on any atom is -0.496 e. The zero-order valence-electron chi connectivity index (χ0n) is 7.45. The standard InChI is InChI=1S/C10H14O2/c1-8(11)7-9-5-3-4-6-10(9)12-2/h3-6,8,11H,7H2,1-2H3. The lowest BCUT2D eigenvalue weighted by atomic mass is 10.1. The maximum Gasteiger partial charge on any atom is 0.122 e. The monoisotopic (exact) mass is 166 g/mol. The fraction of sp³-hybridized carbons (Fsp3) is 0.400. The Balaban J connectivity index is 2.82. The molecular weight excluding hydrogens is 152 g/mol. The van der Waals surface area contributed by atoms with Crippen LogP contribution in [-0.4, -0.2) is 18.3 Å². The van der Waals surface area contributed by atoms with Crippen LogP contribution in [0.4, 0.5) is 0 Å². The van der Waals surface area contributed by atoms with Gasteiger partial charge in [0.25, 0.3) is 0 Å². The number of aliphatic hydroxyl groups excluding tert-OH is 1. The molecule has 1 atom stereocenters. The summed E-state index contributed by atoms with van der Waals surface area (Å²) >= 11 is 0. The highest BCUT2D eigenvalue weighted by molar-refractivity contribution is 5.33. The van der Waals surface area contributed by atoms with E-state index in [1.54, 1.807) is 14.0 Å². The number of hydrogen-bond donors (Lipinski definition) is 1. The summed E-state index contributed by atoms with van der Waals surface area (Å²) in [6.45, 7) is 1.77. The third-order valence-electron chi connectivity index (χ3n) is 1.71. The average Bonchev–Trinajstić information content (AvgIpc) is 2.04. The van der Waals surface area contributed by atoms with E-state index >= 15 is 0 Å². The quantitative estimate of drug-likeness (QED) is 0.739. The Morgan fingerprint density at radius 3 is 2.67 bits per heavy atom. The van der Waals surface area contributed by atoms with Gasteiger partial charge in [-0.3, -0.25) is 0 Å². The number of aliphatic hydroxyl groups is 1. The van der Waals surface area contributed by atoms with Crippen LogP contribution in [0.25, 0.3) is 0 Å². The van der Waals surface area contributed by atoms with Crippen molar-refractivity contribution >= 4 is 0 Å². The van der Waals surface area contributed by atoms with E-state index in [1.165, 1.54) is 0 Å². The van der Waals surface area contributed by atoms with Gasteiger partial charge >= 0.3 is 0 Å². The van der Waals surface area contributed by atoms with Crippen molar-refractivity contribution in [3.8, 4) is 5.75 Å². The second-order valence-electron chi connectivity index (χ2n) is 2.86. The van der Waals surface area contributed by atoms with E-state index in [0.717, 1.165) is 11.3 Å². The molecule has 1 unspecified atom stereocenters. The molecule has 0 saturated carbocycles. The summed E-state index contributed by atoms with van der Waals surface area (Å²) in [4.78, 5) is 0. The first-order valence-corrected chi connectivity index (χ1v) is 4.04. The van der Waals surface area contributed by atoms with Gasteiger partial charge in [0, 0.05) is 6.42 Å². The third kappa shape index (κ3) is 2.24. The van der Waals surface area contributed by atoms with E-state index in [9.17, 15) is 5.11 Å². The summed E-state index contributed by atoms with van der Waals surface area (Å²) in [5, 5.41) is 9.17. The highest BCUT2D eigenvalue weighted by atomic mass is 16.5. The maximum absolute atomic E-state index is 9.17. The number of benzene rings is 1. The minimum absolute atomic E-state index is 0.318. The molecule has 0 aliphatic heterocycles. The number of para-hydroxylation sites is 1. The van der Waals surface area contributed by atoms with Crippen molar-refractivity contribution in [1.82, 2.24) is 0 Å². The minimum atomic E-state index is -0.318. The molecular formula is C10H14O2. The highest BCUT2D eigenvalue weighted by Crippen LogP contribution is 2.18. The SMILES string of the molecule is COc1ccccc1CC(C)O. The maximum atomic E-state index is 9.17. The molecule has 0 saturated heterocycles. The van der Waals surface area contributed by atoms with Crippen LogP contribution in [0, 0.1) is 0 Å². The molecule has 2 nitrogen and oxygen atoms in total. The van der Waals surface area contributed by atoms with Gasteiger partial charge in [-0.05, 0) is 18.6 Å². The van der Waals surface area contributed by atoms with E-state index in [1.807, 2.05) is 24.3 Å². The molecule has 0 fully saturated rings. The zero-order valence-corrected chi connectivity index (χ0v) is 7.45. The lowest BCUT2D eigenvalue weighted by molar-refractivity contribution is 0.194. The molecule has 1 aromatic rings. The Morgan fingerprint density at radius 2 is 2.08 bits per heavy atom. The van der Waals surface area contributed by atoms with Crippen LogP contribution < -0.4 is 4.74 Å². The van der Waals surface area contributed by atoms with Gasteiger partial charge in [0.15, 0.2) is 0 Å². The molecule has 0 radical (unpaired) electrons. The molecule has 1 aromatic carbocycles. The second kappa shape index (κ2) is 4.12. The van der Waals surface area contributed by atoms with Crippen LogP contribution in [0.2, 0.25) is 0 Å². The topological polar surface area (TPSA) is 29.5 Å². The summed E-state index contributed by atoms with van der Waals surface area (Å²) in [6, 6.07) is 7.73. The van der Waals surface area contributed by atoms with Gasteiger partial charge in [0.05, 0.1) is 13.2 Å². The van der Waals surface area contributed by atoms with Crippen molar-refractivity contribution in [3.63, 3.8) is 0 Å². The second-order valence-corrected chi connectivity index (χ2v) is 2.86. The van der Waals surface area contributed by atoms with Crippen LogP contribution in [0.1, 0.15) is 12.5 Å². The summed E-state index contributed by atoms with van der Waals surface area (Å²) in [5.41, 5.74) is 1.05. The largest absolute Gasteiger partial charge is 0.496 e. The van der Waals surface area contributed by atoms with Crippen LogP contribution >= 0.6 is 0 Å². The summed E-state index contributed by atoms with van der Waals surface area (Å²) in [6.07, 6.45) is 0.325. The van der Waals surface area contributed by atoms with Gasteiger partial charge in [0.1, 0.15) is 5.75 Å². The lowest BCUT2D eigenvalue weighted by Gasteiger charge is -2.08. The van der Waals surface area contributed by atoms with Gasteiger partial charge in [-0.1, -0.05) is 18.2 Å². The van der Waals surface area contributed by atoms with E-state index in [2.05, 4.69) is 0 Å². The molecule has 1 N–H and O–H groups in total. The molecule has 0 spiro atoms.